The quantitative estimate of drug-likeness (QED) is 0.260. The molecule has 0 aromatic rings. The second-order valence-corrected chi connectivity index (χ2v) is 5.48. The third-order valence-corrected chi connectivity index (χ3v) is 3.05. The van der Waals surface area contributed by atoms with E-state index >= 15 is 0 Å². The Hall–Kier alpha value is -3.90. The molecule has 0 amide bonds. The van der Waals surface area contributed by atoms with Crippen molar-refractivity contribution >= 4 is 0 Å². The van der Waals surface area contributed by atoms with Crippen LogP contribution in [0.3, 0.4) is 0 Å². The monoisotopic (exact) mass is 392 g/mol. The molecule has 0 aromatic heterocycles. The summed E-state index contributed by atoms with van der Waals surface area (Å²) in [4.78, 5) is 0. The van der Waals surface area contributed by atoms with E-state index in [1.807, 2.05) is 158 Å². The minimum Gasteiger partial charge on any atom is -0.0991 e. The molecule has 0 aromatic carbocycles. The Morgan fingerprint density at radius 2 is 0.267 bits per heavy atom. The summed E-state index contributed by atoms with van der Waals surface area (Å²) in [6, 6.07) is 0. The largest absolute Gasteiger partial charge is 0.0991 e. The van der Waals surface area contributed by atoms with Crippen LogP contribution in [-0.4, -0.2) is 0 Å². The van der Waals surface area contributed by atoms with Crippen LogP contribution in [0.2, 0.25) is 0 Å². The van der Waals surface area contributed by atoms with Crippen LogP contribution in [0, 0.1) is 0 Å². The van der Waals surface area contributed by atoms with Gasteiger partial charge in [-0.15, -0.1) is 0 Å². The second kappa shape index (κ2) is 25.1. The van der Waals surface area contributed by atoms with E-state index in [0.717, 1.165) is 0 Å². The van der Waals surface area contributed by atoms with Crippen LogP contribution in [0.1, 0.15) is 0 Å². The van der Waals surface area contributed by atoms with Gasteiger partial charge in [0.25, 0.3) is 0 Å². The lowest BCUT2D eigenvalue weighted by Gasteiger charge is -1.76. The molecule has 0 heteroatoms. The molecule has 0 saturated carbocycles. The summed E-state index contributed by atoms with van der Waals surface area (Å²) in [6.45, 7) is 7.22. The van der Waals surface area contributed by atoms with Gasteiger partial charge in [-0.25, -0.2) is 0 Å². The van der Waals surface area contributed by atoms with Gasteiger partial charge >= 0.3 is 0 Å². The standard InChI is InChI=1S/C30H32/c1-3-5-7-9-11-13-15-17-19-21-23-25-27-29-30-28-26-24-22-20-18-16-14-12-10-8-6-4-2/h3-30H,1-2H2/b7-5+,8-6+,11-9+,12-10+,15-13+,16-14+,19-17+,20-18+,23-21+,24-22+,27-25+,28-26+,30-29+. The van der Waals surface area contributed by atoms with Crippen molar-refractivity contribution in [2.75, 3.05) is 0 Å². The highest BCUT2D eigenvalue weighted by Gasteiger charge is 1.66. The molecule has 0 bridgehead atoms. The molecule has 0 unspecified atom stereocenters. The summed E-state index contributed by atoms with van der Waals surface area (Å²) in [5.74, 6) is 0. The Bertz CT molecular complexity index is 747. The first-order valence-corrected chi connectivity index (χ1v) is 9.82. The molecule has 0 radical (unpaired) electrons. The van der Waals surface area contributed by atoms with Crippen LogP contribution >= 0.6 is 0 Å². The Morgan fingerprint density at radius 1 is 0.167 bits per heavy atom. The van der Waals surface area contributed by atoms with Crippen molar-refractivity contribution in [1.82, 2.24) is 0 Å². The number of allylic oxidation sites excluding steroid dienone is 28. The molecule has 30 heavy (non-hydrogen) atoms. The van der Waals surface area contributed by atoms with Crippen molar-refractivity contribution in [2.45, 2.75) is 0 Å². The van der Waals surface area contributed by atoms with Gasteiger partial charge < -0.3 is 0 Å². The van der Waals surface area contributed by atoms with Crippen molar-refractivity contribution in [3.8, 4) is 0 Å². The van der Waals surface area contributed by atoms with E-state index in [1.54, 1.807) is 12.2 Å². The molecule has 0 heterocycles. The zero-order valence-electron chi connectivity index (χ0n) is 17.6. The lowest BCUT2D eigenvalue weighted by atomic mass is 10.3. The fourth-order valence-electron chi connectivity index (χ4n) is 1.70. The van der Waals surface area contributed by atoms with Gasteiger partial charge in [0.05, 0.1) is 0 Å². The number of rotatable bonds is 14. The maximum atomic E-state index is 3.61. The molecule has 0 aliphatic rings. The van der Waals surface area contributed by atoms with Crippen LogP contribution in [-0.2, 0) is 0 Å². The van der Waals surface area contributed by atoms with Gasteiger partial charge in [0.1, 0.15) is 0 Å². The van der Waals surface area contributed by atoms with Crippen LogP contribution < -0.4 is 0 Å². The average Bonchev–Trinajstić information content (AvgIpc) is 2.76. The zero-order valence-corrected chi connectivity index (χ0v) is 17.6. The fourth-order valence-corrected chi connectivity index (χ4v) is 1.70. The molecule has 0 fully saturated rings. The molecule has 0 aliphatic carbocycles. The Morgan fingerprint density at radius 3 is 0.367 bits per heavy atom. The van der Waals surface area contributed by atoms with Crippen molar-refractivity contribution in [2.24, 2.45) is 0 Å². The molecule has 0 saturated heterocycles. The van der Waals surface area contributed by atoms with Gasteiger partial charge in [-0.05, 0) is 0 Å². The van der Waals surface area contributed by atoms with Crippen LogP contribution in [0.4, 0.5) is 0 Å². The predicted molar refractivity (Wildman–Crippen MR) is 139 cm³/mol. The van der Waals surface area contributed by atoms with Gasteiger partial charge in [-0.3, -0.25) is 0 Å². The van der Waals surface area contributed by atoms with Crippen LogP contribution in [0.5, 0.6) is 0 Å². The third kappa shape index (κ3) is 24.1. The lowest BCUT2D eigenvalue weighted by Crippen LogP contribution is -1.54. The summed E-state index contributed by atoms with van der Waals surface area (Å²) in [6.07, 6.45) is 54.8. The van der Waals surface area contributed by atoms with Gasteiger partial charge in [0, 0.05) is 0 Å². The van der Waals surface area contributed by atoms with E-state index in [4.69, 9.17) is 0 Å². The highest BCUT2D eigenvalue weighted by molar-refractivity contribution is 5.23. The highest BCUT2D eigenvalue weighted by Crippen LogP contribution is 1.88. The van der Waals surface area contributed by atoms with E-state index in [1.165, 1.54) is 0 Å². The van der Waals surface area contributed by atoms with Gasteiger partial charge in [0.2, 0.25) is 0 Å². The first kappa shape index (κ1) is 26.1. The van der Waals surface area contributed by atoms with Gasteiger partial charge in [-0.2, -0.15) is 0 Å². The first-order valence-electron chi connectivity index (χ1n) is 9.82. The summed E-state index contributed by atoms with van der Waals surface area (Å²) >= 11 is 0. The van der Waals surface area contributed by atoms with E-state index in [-0.39, 0.29) is 0 Å². The Labute approximate surface area is 183 Å². The minimum atomic E-state index is 1.75. The molecular weight excluding hydrogens is 360 g/mol. The molecule has 0 spiro atoms. The molecule has 0 N–H and O–H groups in total. The average molecular weight is 393 g/mol. The molecule has 0 aliphatic heterocycles. The van der Waals surface area contributed by atoms with Crippen molar-refractivity contribution in [3.05, 3.63) is 183 Å². The molecule has 0 rings (SSSR count). The van der Waals surface area contributed by atoms with Gasteiger partial charge in [-0.1, -0.05) is 183 Å². The van der Waals surface area contributed by atoms with E-state index in [2.05, 4.69) is 13.2 Å². The van der Waals surface area contributed by atoms with Crippen LogP contribution in [0.25, 0.3) is 0 Å². The van der Waals surface area contributed by atoms with E-state index in [9.17, 15) is 0 Å². The number of hydrogen-bond acceptors (Lipinski definition) is 0. The summed E-state index contributed by atoms with van der Waals surface area (Å²) in [5.41, 5.74) is 0. The normalized spacial score (nSPS) is 14.5. The zero-order chi connectivity index (χ0) is 21.8. The van der Waals surface area contributed by atoms with Crippen LogP contribution in [0.15, 0.2) is 183 Å². The third-order valence-electron chi connectivity index (χ3n) is 3.05. The molecule has 152 valence electrons. The molecule has 0 nitrogen and oxygen atoms in total. The summed E-state index contributed by atoms with van der Waals surface area (Å²) in [7, 11) is 0. The Balaban J connectivity index is 3.97. The van der Waals surface area contributed by atoms with E-state index in [0.29, 0.717) is 0 Å². The van der Waals surface area contributed by atoms with Crippen molar-refractivity contribution < 1.29 is 0 Å². The Kier molecular flexibility index (Phi) is 21.8. The van der Waals surface area contributed by atoms with Crippen molar-refractivity contribution in [1.29, 1.82) is 0 Å². The fraction of sp³-hybridized carbons (Fsp3) is 0. The van der Waals surface area contributed by atoms with Gasteiger partial charge in [0.15, 0.2) is 0 Å². The maximum Gasteiger partial charge on any atom is -0.0623 e. The lowest BCUT2D eigenvalue weighted by molar-refractivity contribution is 1.82. The van der Waals surface area contributed by atoms with E-state index < -0.39 is 0 Å². The minimum absolute atomic E-state index is 1.75. The predicted octanol–water partition coefficient (Wildman–Crippen LogP) is 8.59. The SMILES string of the molecule is C=C/C=C/C=C/C=C/C=C/C=C/C=C/C=C/C=C/C=C/C=C/C=C/C=C/C=C/C=C. The van der Waals surface area contributed by atoms with Crippen molar-refractivity contribution in [3.63, 3.8) is 0 Å². The second-order valence-electron chi connectivity index (χ2n) is 5.48. The maximum absolute atomic E-state index is 3.61. The summed E-state index contributed by atoms with van der Waals surface area (Å²) < 4.78 is 0. The topological polar surface area (TPSA) is 0 Å². The molecule has 0 atom stereocenters. The summed E-state index contributed by atoms with van der Waals surface area (Å²) in [5, 5.41) is 0. The smallest absolute Gasteiger partial charge is 0.0623 e. The number of hydrogen-bond donors (Lipinski definition) is 0. The first-order chi connectivity index (χ1) is 14.9. The molecular formula is C30H32. The highest BCUT2D eigenvalue weighted by atomic mass is 13.7.